The molecule has 130 valence electrons. The number of hydrogen-bond acceptors (Lipinski definition) is 4. The van der Waals surface area contributed by atoms with E-state index >= 15 is 0 Å². The number of hydrogen-bond donors (Lipinski definition) is 2. The summed E-state index contributed by atoms with van der Waals surface area (Å²) in [7, 11) is 0. The van der Waals surface area contributed by atoms with E-state index in [0.717, 1.165) is 18.2 Å². The maximum Gasteiger partial charge on any atom is 0.411 e. The van der Waals surface area contributed by atoms with E-state index in [-0.39, 0.29) is 24.4 Å². The molecule has 1 aliphatic rings. The third-order valence-corrected chi connectivity index (χ3v) is 3.45. The Bertz CT molecular complexity index is 661. The van der Waals surface area contributed by atoms with Gasteiger partial charge in [0.05, 0.1) is 18.8 Å². The molecule has 1 saturated heterocycles. The van der Waals surface area contributed by atoms with Crippen LogP contribution in [0.4, 0.5) is 18.9 Å². The van der Waals surface area contributed by atoms with Crippen molar-refractivity contribution in [3.05, 3.63) is 36.4 Å². The molecular formula is C15H15F3N2O4. The lowest BCUT2D eigenvalue weighted by molar-refractivity contribution is -0.202. The summed E-state index contributed by atoms with van der Waals surface area (Å²) in [5, 5.41) is 12.2. The van der Waals surface area contributed by atoms with Crippen molar-refractivity contribution in [2.24, 2.45) is 0 Å². The molecule has 0 saturated carbocycles. The van der Waals surface area contributed by atoms with Gasteiger partial charge in [-0.05, 0) is 24.3 Å². The first-order chi connectivity index (χ1) is 11.2. The Morgan fingerprint density at radius 2 is 2.12 bits per heavy atom. The summed E-state index contributed by atoms with van der Waals surface area (Å²) in [6.07, 6.45) is -3.66. The van der Waals surface area contributed by atoms with Gasteiger partial charge >= 0.3 is 6.18 Å². The van der Waals surface area contributed by atoms with Gasteiger partial charge in [0.25, 0.3) is 5.91 Å². The van der Waals surface area contributed by atoms with Crippen LogP contribution >= 0.6 is 0 Å². The van der Waals surface area contributed by atoms with Crippen LogP contribution in [0, 0.1) is 0 Å². The Balaban J connectivity index is 2.32. The average molecular weight is 344 g/mol. The number of morpholine rings is 1. The Kier molecular flexibility index (Phi) is 5.13. The second-order valence-corrected chi connectivity index (χ2v) is 5.06. The zero-order valence-corrected chi connectivity index (χ0v) is 12.5. The lowest BCUT2D eigenvalue weighted by Crippen LogP contribution is -2.55. The lowest BCUT2D eigenvalue weighted by Gasteiger charge is -2.36. The number of carbonyl (C=O) groups excluding carboxylic acids is 2. The summed E-state index contributed by atoms with van der Waals surface area (Å²) in [5.41, 5.74) is -0.189. The van der Waals surface area contributed by atoms with E-state index < -0.39 is 36.4 Å². The Labute approximate surface area is 135 Å². The molecule has 0 spiro atoms. The molecule has 1 aromatic carbocycles. The zero-order chi connectivity index (χ0) is 17.9. The Morgan fingerprint density at radius 1 is 1.42 bits per heavy atom. The van der Waals surface area contributed by atoms with Gasteiger partial charge in [-0.1, -0.05) is 6.58 Å². The van der Waals surface area contributed by atoms with E-state index in [0.29, 0.717) is 4.90 Å². The summed E-state index contributed by atoms with van der Waals surface area (Å²) >= 11 is 0. The highest BCUT2D eigenvalue weighted by molar-refractivity contribution is 6.02. The maximum atomic E-state index is 13.1. The van der Waals surface area contributed by atoms with E-state index in [4.69, 9.17) is 4.74 Å². The van der Waals surface area contributed by atoms with Gasteiger partial charge in [-0.3, -0.25) is 9.59 Å². The number of nitrogens with zero attached hydrogens (tertiary/aromatic N) is 1. The van der Waals surface area contributed by atoms with Crippen LogP contribution < -0.4 is 5.32 Å². The second-order valence-electron chi connectivity index (χ2n) is 5.06. The molecule has 1 atom stereocenters. The number of rotatable bonds is 3. The SMILES string of the molecule is C=CC(=O)Nc1ccc(O)c(C(=O)N2CCOC[C@H]2C(F)(F)F)c1. The van der Waals surface area contributed by atoms with Crippen LogP contribution in [0.3, 0.4) is 0 Å². The predicted molar refractivity (Wildman–Crippen MR) is 78.6 cm³/mol. The molecule has 6 nitrogen and oxygen atoms in total. The summed E-state index contributed by atoms with van der Waals surface area (Å²) < 4.78 is 44.0. The number of alkyl halides is 3. The van der Waals surface area contributed by atoms with Gasteiger partial charge in [0.1, 0.15) is 5.75 Å². The van der Waals surface area contributed by atoms with Crippen molar-refractivity contribution in [1.82, 2.24) is 4.90 Å². The molecule has 1 aliphatic heterocycles. The van der Waals surface area contributed by atoms with E-state index in [1.54, 1.807) is 0 Å². The smallest absolute Gasteiger partial charge is 0.411 e. The van der Waals surface area contributed by atoms with Crippen molar-refractivity contribution in [2.75, 3.05) is 25.1 Å². The topological polar surface area (TPSA) is 78.9 Å². The van der Waals surface area contributed by atoms with E-state index in [1.165, 1.54) is 6.07 Å². The van der Waals surface area contributed by atoms with Gasteiger partial charge in [-0.2, -0.15) is 13.2 Å². The quantitative estimate of drug-likeness (QED) is 0.649. The van der Waals surface area contributed by atoms with Gasteiger partial charge in [0, 0.05) is 12.2 Å². The summed E-state index contributed by atoms with van der Waals surface area (Å²) in [6.45, 7) is 2.31. The van der Waals surface area contributed by atoms with Gasteiger partial charge in [-0.25, -0.2) is 0 Å². The number of ether oxygens (including phenoxy) is 1. The van der Waals surface area contributed by atoms with Crippen LogP contribution in [-0.4, -0.2) is 53.8 Å². The number of amides is 2. The van der Waals surface area contributed by atoms with Gasteiger partial charge in [0.15, 0.2) is 6.04 Å². The molecule has 0 bridgehead atoms. The third-order valence-electron chi connectivity index (χ3n) is 3.45. The summed E-state index contributed by atoms with van der Waals surface area (Å²) in [4.78, 5) is 24.4. The Morgan fingerprint density at radius 3 is 2.75 bits per heavy atom. The number of carbonyl (C=O) groups is 2. The summed E-state index contributed by atoms with van der Waals surface area (Å²) in [5.74, 6) is -2.03. The molecule has 24 heavy (non-hydrogen) atoms. The molecule has 0 radical (unpaired) electrons. The van der Waals surface area contributed by atoms with Gasteiger partial charge in [0.2, 0.25) is 5.91 Å². The highest BCUT2D eigenvalue weighted by Gasteiger charge is 2.47. The average Bonchev–Trinajstić information content (AvgIpc) is 2.55. The number of anilines is 1. The molecular weight excluding hydrogens is 329 g/mol. The molecule has 2 amide bonds. The van der Waals surface area contributed by atoms with E-state index in [9.17, 15) is 27.9 Å². The fourth-order valence-electron chi connectivity index (χ4n) is 2.25. The van der Waals surface area contributed by atoms with Crippen molar-refractivity contribution in [3.8, 4) is 5.75 Å². The molecule has 1 aromatic rings. The van der Waals surface area contributed by atoms with E-state index in [2.05, 4.69) is 11.9 Å². The lowest BCUT2D eigenvalue weighted by atomic mass is 10.1. The first-order valence-electron chi connectivity index (χ1n) is 6.96. The number of halogens is 3. The molecule has 0 aromatic heterocycles. The van der Waals surface area contributed by atoms with E-state index in [1.807, 2.05) is 0 Å². The second kappa shape index (κ2) is 6.91. The zero-order valence-electron chi connectivity index (χ0n) is 12.5. The monoisotopic (exact) mass is 344 g/mol. The maximum absolute atomic E-state index is 13.1. The molecule has 9 heteroatoms. The van der Waals surface area contributed by atoms with Crippen molar-refractivity contribution < 1.29 is 32.6 Å². The molecule has 1 fully saturated rings. The fourth-order valence-corrected chi connectivity index (χ4v) is 2.25. The highest BCUT2D eigenvalue weighted by Crippen LogP contribution is 2.30. The minimum Gasteiger partial charge on any atom is -0.507 e. The highest BCUT2D eigenvalue weighted by atomic mass is 19.4. The summed E-state index contributed by atoms with van der Waals surface area (Å²) in [6, 6.07) is 1.45. The van der Waals surface area contributed by atoms with Crippen LogP contribution in [0.2, 0.25) is 0 Å². The number of phenols is 1. The minimum atomic E-state index is -4.65. The number of benzene rings is 1. The molecule has 1 heterocycles. The predicted octanol–water partition coefficient (Wildman–Crippen LogP) is 1.92. The number of nitrogens with one attached hydrogen (secondary N) is 1. The number of phenolic OH excluding ortho intramolecular Hbond substituents is 1. The van der Waals surface area contributed by atoms with Gasteiger partial charge in [-0.15, -0.1) is 0 Å². The standard InChI is InChI=1S/C15H15F3N2O4/c1-2-13(22)19-9-3-4-11(21)10(7-9)14(23)20-5-6-24-8-12(20)15(16,17)18/h2-4,7,12,21H,1,5-6,8H2,(H,19,22)/t12-/m0/s1. The molecule has 0 aliphatic carbocycles. The normalized spacial score (nSPS) is 18.1. The largest absolute Gasteiger partial charge is 0.507 e. The first kappa shape index (κ1) is 17.8. The van der Waals surface area contributed by atoms with Crippen LogP contribution in [0.15, 0.2) is 30.9 Å². The molecule has 2 N–H and O–H groups in total. The van der Waals surface area contributed by atoms with Crippen LogP contribution in [0.25, 0.3) is 0 Å². The fraction of sp³-hybridized carbons (Fsp3) is 0.333. The van der Waals surface area contributed by atoms with Crippen LogP contribution in [-0.2, 0) is 9.53 Å². The van der Waals surface area contributed by atoms with Crippen molar-refractivity contribution in [3.63, 3.8) is 0 Å². The first-order valence-corrected chi connectivity index (χ1v) is 6.96. The van der Waals surface area contributed by atoms with Crippen LogP contribution in [0.1, 0.15) is 10.4 Å². The third kappa shape index (κ3) is 3.85. The minimum absolute atomic E-state index is 0.0357. The molecule has 2 rings (SSSR count). The molecule has 0 unspecified atom stereocenters. The van der Waals surface area contributed by atoms with Crippen molar-refractivity contribution in [1.29, 1.82) is 0 Å². The number of aromatic hydroxyl groups is 1. The van der Waals surface area contributed by atoms with Crippen molar-refractivity contribution in [2.45, 2.75) is 12.2 Å². The van der Waals surface area contributed by atoms with Crippen LogP contribution in [0.5, 0.6) is 5.75 Å². The van der Waals surface area contributed by atoms with Crippen molar-refractivity contribution >= 4 is 17.5 Å². The Hall–Kier alpha value is -2.55. The van der Waals surface area contributed by atoms with Gasteiger partial charge < -0.3 is 20.1 Å².